The number of rotatable bonds is 3. The summed E-state index contributed by atoms with van der Waals surface area (Å²) in [5.41, 5.74) is 6.06. The minimum atomic E-state index is -0.123. The molecular weight excluding hydrogens is 376 g/mol. The molecule has 1 aromatic heterocycles. The maximum Gasteiger partial charge on any atom is 0.0991 e. The van der Waals surface area contributed by atoms with Gasteiger partial charge in [0.2, 0.25) is 0 Å². The van der Waals surface area contributed by atoms with E-state index in [0.717, 1.165) is 45.5 Å². The lowest BCUT2D eigenvalue weighted by atomic mass is 9.80. The average molecular weight is 401 g/mol. The van der Waals surface area contributed by atoms with Gasteiger partial charge in [-0.15, -0.1) is 11.3 Å². The zero-order valence-corrected chi connectivity index (χ0v) is 17.3. The van der Waals surface area contributed by atoms with E-state index in [9.17, 15) is 0 Å². The molecule has 2 aliphatic heterocycles. The Balaban J connectivity index is 1.36. The van der Waals surface area contributed by atoms with Gasteiger partial charge in [0, 0.05) is 24.5 Å². The molecule has 5 rings (SSSR count). The summed E-state index contributed by atoms with van der Waals surface area (Å²) < 4.78 is 6.45. The number of nitriles is 1. The van der Waals surface area contributed by atoms with Gasteiger partial charge in [0.15, 0.2) is 0 Å². The van der Waals surface area contributed by atoms with Crippen molar-refractivity contribution in [2.24, 2.45) is 0 Å². The van der Waals surface area contributed by atoms with Crippen LogP contribution in [0.5, 0.6) is 0 Å². The average Bonchev–Trinajstić information content (AvgIpc) is 3.22. The van der Waals surface area contributed by atoms with Crippen LogP contribution in [0.25, 0.3) is 10.4 Å². The standard InChI is InChI=1S/C25H24N2OS/c26-16-19-6-8-21(9-7-19)24-22-10-15-28-25(23(22)18-29-24)11-13-27(14-12-25)17-20-4-2-1-3-5-20/h1-9,18H,10-15,17H2. The summed E-state index contributed by atoms with van der Waals surface area (Å²) in [6.07, 6.45) is 3.08. The van der Waals surface area contributed by atoms with Crippen LogP contribution in [-0.2, 0) is 23.3 Å². The fourth-order valence-electron chi connectivity index (χ4n) is 4.71. The molecule has 4 heteroatoms. The first kappa shape index (κ1) is 18.6. The Morgan fingerprint density at radius 1 is 1.03 bits per heavy atom. The molecule has 0 saturated carbocycles. The van der Waals surface area contributed by atoms with E-state index < -0.39 is 0 Å². The molecular formula is C25H24N2OS. The first-order valence-electron chi connectivity index (χ1n) is 10.3. The van der Waals surface area contributed by atoms with Crippen molar-refractivity contribution in [1.82, 2.24) is 4.90 Å². The lowest BCUT2D eigenvalue weighted by molar-refractivity contribution is -0.0984. The fourth-order valence-corrected chi connectivity index (χ4v) is 5.92. The largest absolute Gasteiger partial charge is 0.370 e. The van der Waals surface area contributed by atoms with E-state index in [1.165, 1.54) is 27.1 Å². The van der Waals surface area contributed by atoms with Gasteiger partial charge in [-0.2, -0.15) is 5.26 Å². The summed E-state index contributed by atoms with van der Waals surface area (Å²) >= 11 is 1.83. The summed E-state index contributed by atoms with van der Waals surface area (Å²) in [6, 6.07) is 20.9. The molecule has 3 nitrogen and oxygen atoms in total. The first-order valence-corrected chi connectivity index (χ1v) is 11.2. The number of likely N-dealkylation sites (tertiary alicyclic amines) is 1. The van der Waals surface area contributed by atoms with E-state index in [4.69, 9.17) is 10.00 Å². The molecule has 0 aliphatic carbocycles. The second-order valence-electron chi connectivity index (χ2n) is 8.00. The van der Waals surface area contributed by atoms with E-state index >= 15 is 0 Å². The van der Waals surface area contributed by atoms with E-state index in [1.807, 2.05) is 23.5 Å². The van der Waals surface area contributed by atoms with E-state index in [-0.39, 0.29) is 5.60 Å². The SMILES string of the molecule is N#Cc1ccc(-c2scc3c2CCOC32CCN(Cc3ccccc3)CC2)cc1. The van der Waals surface area contributed by atoms with Crippen LogP contribution in [0.15, 0.2) is 60.0 Å². The van der Waals surface area contributed by atoms with Gasteiger partial charge in [0.05, 0.1) is 23.8 Å². The van der Waals surface area contributed by atoms with Crippen LogP contribution in [0.4, 0.5) is 0 Å². The molecule has 1 fully saturated rings. The molecule has 0 atom stereocenters. The van der Waals surface area contributed by atoms with Crippen molar-refractivity contribution >= 4 is 11.3 Å². The predicted molar refractivity (Wildman–Crippen MR) is 117 cm³/mol. The lowest BCUT2D eigenvalue weighted by Crippen LogP contribution is -2.46. The van der Waals surface area contributed by atoms with Crippen molar-refractivity contribution in [3.05, 3.63) is 82.2 Å². The molecule has 29 heavy (non-hydrogen) atoms. The number of piperidine rings is 1. The Labute approximate surface area is 176 Å². The van der Waals surface area contributed by atoms with Crippen LogP contribution >= 0.6 is 11.3 Å². The summed E-state index contributed by atoms with van der Waals surface area (Å²) in [4.78, 5) is 3.89. The highest BCUT2D eigenvalue weighted by atomic mass is 32.1. The topological polar surface area (TPSA) is 36.3 Å². The third kappa shape index (κ3) is 3.51. The molecule has 0 radical (unpaired) electrons. The Kier molecular flexibility index (Phi) is 4.97. The second-order valence-corrected chi connectivity index (χ2v) is 8.88. The molecule has 2 aromatic carbocycles. The van der Waals surface area contributed by atoms with Crippen LogP contribution in [0, 0.1) is 11.3 Å². The van der Waals surface area contributed by atoms with E-state index in [0.29, 0.717) is 5.56 Å². The molecule has 1 saturated heterocycles. The quantitative estimate of drug-likeness (QED) is 0.594. The molecule has 0 unspecified atom stereocenters. The zero-order chi connectivity index (χ0) is 19.7. The van der Waals surface area contributed by atoms with Crippen molar-refractivity contribution in [3.63, 3.8) is 0 Å². The van der Waals surface area contributed by atoms with Gasteiger partial charge in [-0.3, -0.25) is 4.90 Å². The van der Waals surface area contributed by atoms with Gasteiger partial charge in [-0.25, -0.2) is 0 Å². The number of benzene rings is 2. The molecule has 3 aromatic rings. The maximum atomic E-state index is 9.06. The maximum absolute atomic E-state index is 9.06. The van der Waals surface area contributed by atoms with Crippen molar-refractivity contribution in [1.29, 1.82) is 5.26 Å². The van der Waals surface area contributed by atoms with Crippen LogP contribution in [0.1, 0.15) is 35.1 Å². The van der Waals surface area contributed by atoms with Crippen molar-refractivity contribution in [3.8, 4) is 16.5 Å². The normalized spacial score (nSPS) is 18.3. The molecule has 2 aliphatic rings. The number of hydrogen-bond donors (Lipinski definition) is 0. The number of thiophene rings is 1. The van der Waals surface area contributed by atoms with Crippen molar-refractivity contribution < 1.29 is 4.74 Å². The fraction of sp³-hybridized carbons (Fsp3) is 0.320. The third-order valence-electron chi connectivity index (χ3n) is 6.30. The van der Waals surface area contributed by atoms with Gasteiger partial charge < -0.3 is 4.74 Å². The van der Waals surface area contributed by atoms with Gasteiger partial charge in [0.25, 0.3) is 0 Å². The number of ether oxygens (including phenoxy) is 1. The lowest BCUT2D eigenvalue weighted by Gasteiger charge is -2.44. The predicted octanol–water partition coefficient (Wildman–Crippen LogP) is 5.35. The Bertz CT molecular complexity index is 1020. The number of fused-ring (bicyclic) bond motifs is 2. The first-order chi connectivity index (χ1) is 14.3. The molecule has 0 bridgehead atoms. The van der Waals surface area contributed by atoms with Crippen LogP contribution in [0.2, 0.25) is 0 Å². The Morgan fingerprint density at radius 2 is 1.79 bits per heavy atom. The third-order valence-corrected chi connectivity index (χ3v) is 7.38. The van der Waals surface area contributed by atoms with Gasteiger partial charge in [-0.1, -0.05) is 42.5 Å². The van der Waals surface area contributed by atoms with E-state index in [1.54, 1.807) is 0 Å². The monoisotopic (exact) mass is 400 g/mol. The highest BCUT2D eigenvalue weighted by Gasteiger charge is 2.42. The van der Waals surface area contributed by atoms with Gasteiger partial charge in [-0.05, 0) is 59.0 Å². The van der Waals surface area contributed by atoms with E-state index in [2.05, 4.69) is 58.8 Å². The summed E-state index contributed by atoms with van der Waals surface area (Å²) in [7, 11) is 0. The van der Waals surface area contributed by atoms with Gasteiger partial charge >= 0.3 is 0 Å². The zero-order valence-electron chi connectivity index (χ0n) is 16.4. The molecule has 146 valence electrons. The van der Waals surface area contributed by atoms with Crippen LogP contribution in [-0.4, -0.2) is 24.6 Å². The second kappa shape index (κ2) is 7.76. The van der Waals surface area contributed by atoms with Crippen LogP contribution in [0.3, 0.4) is 0 Å². The van der Waals surface area contributed by atoms with Crippen LogP contribution < -0.4 is 0 Å². The smallest absolute Gasteiger partial charge is 0.0991 e. The molecule has 3 heterocycles. The highest BCUT2D eigenvalue weighted by molar-refractivity contribution is 7.14. The number of nitrogens with zero attached hydrogens (tertiary/aromatic N) is 2. The Morgan fingerprint density at radius 3 is 2.52 bits per heavy atom. The minimum Gasteiger partial charge on any atom is -0.370 e. The molecule has 0 N–H and O–H groups in total. The summed E-state index contributed by atoms with van der Waals surface area (Å²) in [6.45, 7) is 3.95. The van der Waals surface area contributed by atoms with Crippen molar-refractivity contribution in [2.45, 2.75) is 31.4 Å². The molecule has 0 amide bonds. The summed E-state index contributed by atoms with van der Waals surface area (Å²) in [5, 5.41) is 11.4. The minimum absolute atomic E-state index is 0.123. The molecule has 1 spiro atoms. The van der Waals surface area contributed by atoms with Crippen molar-refractivity contribution in [2.75, 3.05) is 19.7 Å². The van der Waals surface area contributed by atoms with Gasteiger partial charge in [0.1, 0.15) is 0 Å². The highest BCUT2D eigenvalue weighted by Crippen LogP contribution is 2.47. The Hall–Kier alpha value is -2.45. The summed E-state index contributed by atoms with van der Waals surface area (Å²) in [5.74, 6) is 0. The number of hydrogen-bond acceptors (Lipinski definition) is 4.